The summed E-state index contributed by atoms with van der Waals surface area (Å²) in [6, 6.07) is 1.29. The molecule has 0 bridgehead atoms. The summed E-state index contributed by atoms with van der Waals surface area (Å²) in [5.74, 6) is -0.142. The summed E-state index contributed by atoms with van der Waals surface area (Å²) in [6.07, 6.45) is -3.18. The van der Waals surface area contributed by atoms with Crippen LogP contribution in [-0.2, 0) is 6.54 Å². The van der Waals surface area contributed by atoms with Gasteiger partial charge in [-0.15, -0.1) is 0 Å². The van der Waals surface area contributed by atoms with E-state index < -0.39 is 12.8 Å². The number of ether oxygens (including phenoxy) is 1. The highest BCUT2D eigenvalue weighted by Crippen LogP contribution is 2.21. The van der Waals surface area contributed by atoms with E-state index >= 15 is 0 Å². The van der Waals surface area contributed by atoms with Gasteiger partial charge in [0.15, 0.2) is 6.61 Å². The van der Waals surface area contributed by atoms with Gasteiger partial charge in [-0.3, -0.25) is 0 Å². The Balaban J connectivity index is 2.70. The van der Waals surface area contributed by atoms with Gasteiger partial charge in [0, 0.05) is 18.8 Å². The van der Waals surface area contributed by atoms with Gasteiger partial charge in [0.2, 0.25) is 5.88 Å². The van der Waals surface area contributed by atoms with Crippen LogP contribution in [0.15, 0.2) is 12.3 Å². The molecule has 0 aliphatic heterocycles. The Morgan fingerprint density at radius 1 is 1.47 bits per heavy atom. The van der Waals surface area contributed by atoms with E-state index in [4.69, 9.17) is 17.3 Å². The molecule has 0 saturated heterocycles. The topological polar surface area (TPSA) is 48.1 Å². The van der Waals surface area contributed by atoms with Crippen molar-refractivity contribution in [2.45, 2.75) is 12.7 Å². The third-order valence-electron chi connectivity index (χ3n) is 1.51. The van der Waals surface area contributed by atoms with E-state index in [0.29, 0.717) is 10.6 Å². The van der Waals surface area contributed by atoms with Gasteiger partial charge in [-0.1, -0.05) is 11.6 Å². The number of alkyl halides is 3. The molecule has 0 aromatic carbocycles. The lowest BCUT2D eigenvalue weighted by Gasteiger charge is -2.09. The Bertz CT molecular complexity index is 343. The van der Waals surface area contributed by atoms with Crippen molar-refractivity contribution < 1.29 is 17.9 Å². The number of hydrogen-bond donors (Lipinski definition) is 1. The maximum atomic E-state index is 11.8. The normalized spacial score (nSPS) is 11.5. The van der Waals surface area contributed by atoms with Gasteiger partial charge < -0.3 is 10.5 Å². The van der Waals surface area contributed by atoms with Crippen LogP contribution in [0.1, 0.15) is 5.56 Å². The van der Waals surface area contributed by atoms with Crippen molar-refractivity contribution in [3.63, 3.8) is 0 Å². The van der Waals surface area contributed by atoms with Crippen molar-refractivity contribution in [2.24, 2.45) is 5.73 Å². The second-order valence-corrected chi connectivity index (χ2v) is 3.13. The number of hydrogen-bond acceptors (Lipinski definition) is 3. The Labute approximate surface area is 89.0 Å². The van der Waals surface area contributed by atoms with Crippen molar-refractivity contribution in [3.05, 3.63) is 22.8 Å². The smallest absolute Gasteiger partial charge is 0.422 e. The van der Waals surface area contributed by atoms with Crippen molar-refractivity contribution in [1.29, 1.82) is 0 Å². The molecule has 0 fully saturated rings. The van der Waals surface area contributed by atoms with Crippen LogP contribution in [0.3, 0.4) is 0 Å². The molecule has 1 aromatic heterocycles. The zero-order chi connectivity index (χ0) is 11.5. The minimum Gasteiger partial charge on any atom is -0.468 e. The van der Waals surface area contributed by atoms with Crippen molar-refractivity contribution >= 4 is 11.6 Å². The molecule has 1 rings (SSSR count). The fourth-order valence-electron chi connectivity index (χ4n) is 0.850. The van der Waals surface area contributed by atoms with Gasteiger partial charge in [-0.25, -0.2) is 4.98 Å². The first-order chi connectivity index (χ1) is 6.92. The molecule has 84 valence electrons. The van der Waals surface area contributed by atoms with Crippen LogP contribution in [0, 0.1) is 0 Å². The van der Waals surface area contributed by atoms with Crippen LogP contribution < -0.4 is 10.5 Å². The van der Waals surface area contributed by atoms with Gasteiger partial charge >= 0.3 is 6.18 Å². The SMILES string of the molecule is NCc1cc(OCC(F)(F)F)ncc1Cl. The number of pyridine rings is 1. The van der Waals surface area contributed by atoms with Gasteiger partial charge in [0.05, 0.1) is 5.02 Å². The molecule has 2 N–H and O–H groups in total. The van der Waals surface area contributed by atoms with Crippen molar-refractivity contribution in [3.8, 4) is 5.88 Å². The zero-order valence-corrected chi connectivity index (χ0v) is 8.27. The lowest BCUT2D eigenvalue weighted by Crippen LogP contribution is -2.19. The van der Waals surface area contributed by atoms with E-state index in [1.54, 1.807) is 0 Å². The fraction of sp³-hybridized carbons (Fsp3) is 0.375. The summed E-state index contributed by atoms with van der Waals surface area (Å²) in [5.41, 5.74) is 5.80. The average Bonchev–Trinajstić information content (AvgIpc) is 2.15. The first kappa shape index (κ1) is 12.1. The molecule has 1 heterocycles. The second-order valence-electron chi connectivity index (χ2n) is 2.72. The molecule has 0 radical (unpaired) electrons. The molecular formula is C8H8ClF3N2O. The maximum Gasteiger partial charge on any atom is 0.422 e. The van der Waals surface area contributed by atoms with Crippen LogP contribution in [0.4, 0.5) is 13.2 Å². The largest absolute Gasteiger partial charge is 0.468 e. The highest BCUT2D eigenvalue weighted by Gasteiger charge is 2.28. The Morgan fingerprint density at radius 2 is 2.13 bits per heavy atom. The zero-order valence-electron chi connectivity index (χ0n) is 7.51. The van der Waals surface area contributed by atoms with E-state index in [1.807, 2.05) is 0 Å². The van der Waals surface area contributed by atoms with Crippen LogP contribution in [-0.4, -0.2) is 17.8 Å². The number of halogens is 4. The summed E-state index contributed by atoms with van der Waals surface area (Å²) >= 11 is 5.67. The van der Waals surface area contributed by atoms with Crippen molar-refractivity contribution in [2.75, 3.05) is 6.61 Å². The molecule has 0 spiro atoms. The molecule has 0 atom stereocenters. The van der Waals surface area contributed by atoms with E-state index in [2.05, 4.69) is 9.72 Å². The quantitative estimate of drug-likeness (QED) is 0.881. The Morgan fingerprint density at radius 3 is 2.67 bits per heavy atom. The molecule has 7 heteroatoms. The fourth-order valence-corrected chi connectivity index (χ4v) is 1.03. The molecule has 0 saturated carbocycles. The standard InChI is InChI=1S/C8H8ClF3N2O/c9-6-3-14-7(1-5(6)2-13)15-4-8(10,11)12/h1,3H,2,4,13H2. The summed E-state index contributed by atoms with van der Waals surface area (Å²) in [6.45, 7) is -1.27. The second kappa shape index (κ2) is 4.67. The van der Waals surface area contributed by atoms with Crippen LogP contribution in [0.5, 0.6) is 5.88 Å². The number of nitrogens with two attached hydrogens (primary N) is 1. The summed E-state index contributed by atoms with van der Waals surface area (Å²) in [4.78, 5) is 3.58. The predicted molar refractivity (Wildman–Crippen MR) is 48.7 cm³/mol. The molecule has 0 aliphatic carbocycles. The summed E-state index contributed by atoms with van der Waals surface area (Å²) in [5, 5.41) is 0.303. The van der Waals surface area contributed by atoms with Crippen LogP contribution in [0.2, 0.25) is 5.02 Å². The van der Waals surface area contributed by atoms with Gasteiger partial charge in [0.1, 0.15) is 0 Å². The van der Waals surface area contributed by atoms with E-state index in [0.717, 1.165) is 0 Å². The predicted octanol–water partition coefficient (Wildman–Crippen LogP) is 2.13. The third-order valence-corrected chi connectivity index (χ3v) is 1.85. The van der Waals surface area contributed by atoms with Gasteiger partial charge in [-0.2, -0.15) is 13.2 Å². The molecular weight excluding hydrogens is 233 g/mol. The Hall–Kier alpha value is -1.01. The molecule has 15 heavy (non-hydrogen) atoms. The minimum atomic E-state index is -4.38. The third kappa shape index (κ3) is 3.93. The van der Waals surface area contributed by atoms with Crippen molar-refractivity contribution in [1.82, 2.24) is 4.98 Å². The van der Waals surface area contributed by atoms with E-state index in [-0.39, 0.29) is 12.4 Å². The summed E-state index contributed by atoms with van der Waals surface area (Å²) in [7, 11) is 0. The first-order valence-corrected chi connectivity index (χ1v) is 4.34. The minimum absolute atomic E-state index is 0.115. The average molecular weight is 241 g/mol. The highest BCUT2D eigenvalue weighted by atomic mass is 35.5. The molecule has 0 unspecified atom stereocenters. The number of nitrogens with zero attached hydrogens (tertiary/aromatic N) is 1. The first-order valence-electron chi connectivity index (χ1n) is 3.96. The highest BCUT2D eigenvalue weighted by molar-refractivity contribution is 6.31. The van der Waals surface area contributed by atoms with Crippen LogP contribution in [0.25, 0.3) is 0 Å². The van der Waals surface area contributed by atoms with Gasteiger partial charge in [-0.05, 0) is 5.56 Å². The lowest BCUT2D eigenvalue weighted by atomic mass is 10.3. The van der Waals surface area contributed by atoms with E-state index in [1.165, 1.54) is 12.3 Å². The molecule has 3 nitrogen and oxygen atoms in total. The number of aromatic nitrogens is 1. The Kier molecular flexibility index (Phi) is 3.76. The van der Waals surface area contributed by atoms with Gasteiger partial charge in [0.25, 0.3) is 0 Å². The van der Waals surface area contributed by atoms with Crippen LogP contribution >= 0.6 is 11.6 Å². The summed E-state index contributed by atoms with van der Waals surface area (Å²) < 4.78 is 39.8. The monoisotopic (exact) mass is 240 g/mol. The maximum absolute atomic E-state index is 11.8. The number of rotatable bonds is 3. The lowest BCUT2D eigenvalue weighted by molar-refractivity contribution is -0.154. The van der Waals surface area contributed by atoms with E-state index in [9.17, 15) is 13.2 Å². The molecule has 0 amide bonds. The molecule has 1 aromatic rings. The molecule has 0 aliphatic rings.